The number of nitrogens with zero attached hydrogens (tertiary/aromatic N) is 1. The minimum absolute atomic E-state index is 0.162. The summed E-state index contributed by atoms with van der Waals surface area (Å²) < 4.78 is 16.8. The third kappa shape index (κ3) is 3.20. The monoisotopic (exact) mass is 411 g/mol. The van der Waals surface area contributed by atoms with Gasteiger partial charge >= 0.3 is 0 Å². The highest BCUT2D eigenvalue weighted by Gasteiger charge is 2.14. The van der Waals surface area contributed by atoms with Crippen LogP contribution in [0.2, 0.25) is 0 Å². The Morgan fingerprint density at radius 3 is 2.37 bits per heavy atom. The van der Waals surface area contributed by atoms with Crippen molar-refractivity contribution in [1.29, 1.82) is 0 Å². The van der Waals surface area contributed by atoms with E-state index in [4.69, 9.17) is 0 Å². The zero-order chi connectivity index (χ0) is 20.8. The van der Waals surface area contributed by atoms with Crippen LogP contribution in [0.1, 0.15) is 30.9 Å². The molecule has 0 atom stereocenters. The summed E-state index contributed by atoms with van der Waals surface area (Å²) in [5, 5.41) is 2.05. The Balaban J connectivity index is 1.71. The molecule has 5 rings (SSSR count). The van der Waals surface area contributed by atoms with Crippen molar-refractivity contribution in [3.05, 3.63) is 89.9 Å². The smallest absolute Gasteiger partial charge is 0.141 e. The Labute approximate surface area is 179 Å². The molecule has 0 bridgehead atoms. The Morgan fingerprint density at radius 1 is 0.833 bits per heavy atom. The second kappa shape index (κ2) is 7.33. The maximum absolute atomic E-state index is 15.0. The maximum Gasteiger partial charge on any atom is 0.141 e. The van der Waals surface area contributed by atoms with E-state index in [1.165, 1.54) is 22.5 Å². The highest BCUT2D eigenvalue weighted by molar-refractivity contribution is 7.25. The van der Waals surface area contributed by atoms with Gasteiger partial charge in [0, 0.05) is 27.2 Å². The van der Waals surface area contributed by atoms with Crippen LogP contribution >= 0.6 is 11.3 Å². The molecule has 0 N–H and O–H groups in total. The van der Waals surface area contributed by atoms with E-state index in [1.807, 2.05) is 36.5 Å². The normalized spacial score (nSPS) is 11.6. The van der Waals surface area contributed by atoms with Gasteiger partial charge in [0.2, 0.25) is 0 Å². The lowest BCUT2D eigenvalue weighted by Crippen LogP contribution is -1.95. The lowest BCUT2D eigenvalue weighted by molar-refractivity contribution is 0.642. The van der Waals surface area contributed by atoms with Crippen molar-refractivity contribution in [3.8, 4) is 22.4 Å². The summed E-state index contributed by atoms with van der Waals surface area (Å²) in [4.78, 5) is 4.67. The van der Waals surface area contributed by atoms with Crippen LogP contribution in [-0.2, 0) is 0 Å². The van der Waals surface area contributed by atoms with Crippen LogP contribution in [0.3, 0.4) is 0 Å². The number of thiophene rings is 1. The molecule has 0 aliphatic rings. The van der Waals surface area contributed by atoms with Gasteiger partial charge in [-0.15, -0.1) is 11.3 Å². The number of halogens is 1. The Hall–Kier alpha value is -3.04. The number of pyridine rings is 1. The Bertz CT molecular complexity index is 1380. The van der Waals surface area contributed by atoms with Crippen LogP contribution in [-0.4, -0.2) is 4.98 Å². The number of benzene rings is 3. The van der Waals surface area contributed by atoms with E-state index in [-0.39, 0.29) is 5.82 Å². The molecule has 5 aromatic rings. The van der Waals surface area contributed by atoms with E-state index in [1.54, 1.807) is 6.07 Å². The molecule has 0 saturated carbocycles. The largest absolute Gasteiger partial charge is 0.256 e. The predicted octanol–water partition coefficient (Wildman–Crippen LogP) is 8.35. The van der Waals surface area contributed by atoms with Crippen LogP contribution in [0.15, 0.2) is 72.9 Å². The van der Waals surface area contributed by atoms with Crippen molar-refractivity contribution in [2.45, 2.75) is 26.7 Å². The highest BCUT2D eigenvalue weighted by Crippen LogP contribution is 2.40. The first-order valence-electron chi connectivity index (χ1n) is 10.2. The van der Waals surface area contributed by atoms with Gasteiger partial charge in [0.1, 0.15) is 5.82 Å². The van der Waals surface area contributed by atoms with Crippen molar-refractivity contribution >= 4 is 31.5 Å². The molecule has 3 heteroatoms. The van der Waals surface area contributed by atoms with E-state index in [0.717, 1.165) is 37.9 Å². The average molecular weight is 412 g/mol. The molecular weight excluding hydrogens is 389 g/mol. The summed E-state index contributed by atoms with van der Waals surface area (Å²) >= 11 is 1.51. The predicted molar refractivity (Wildman–Crippen MR) is 127 cm³/mol. The minimum atomic E-state index is -0.162. The molecule has 0 saturated heterocycles. The van der Waals surface area contributed by atoms with E-state index in [0.29, 0.717) is 10.6 Å². The lowest BCUT2D eigenvalue weighted by atomic mass is 9.97. The second-order valence-electron chi connectivity index (χ2n) is 8.09. The summed E-state index contributed by atoms with van der Waals surface area (Å²) in [5.41, 5.74) is 6.48. The van der Waals surface area contributed by atoms with Crippen LogP contribution in [0.4, 0.5) is 4.39 Å². The fraction of sp³-hybridized carbons (Fsp3) is 0.148. The molecule has 0 spiro atoms. The molecule has 0 unspecified atom stereocenters. The standard InChI is InChI=1S/C27H22FNS/c1-16(2)21-14-25(29-15-17(21)3)19-9-10-26-22(11-19)23-12-20(13-24(28)27(23)30-26)18-7-5-4-6-8-18/h4-16H,1-3H3. The van der Waals surface area contributed by atoms with Gasteiger partial charge < -0.3 is 0 Å². The molecule has 0 radical (unpaired) electrons. The summed E-state index contributed by atoms with van der Waals surface area (Å²) in [6.45, 7) is 6.51. The summed E-state index contributed by atoms with van der Waals surface area (Å²) in [5.74, 6) is 0.282. The fourth-order valence-corrected chi connectivity index (χ4v) is 5.18. The Kier molecular flexibility index (Phi) is 4.63. The summed E-state index contributed by atoms with van der Waals surface area (Å²) in [6.07, 6.45) is 1.95. The van der Waals surface area contributed by atoms with Gasteiger partial charge in [0.25, 0.3) is 0 Å². The minimum Gasteiger partial charge on any atom is -0.256 e. The van der Waals surface area contributed by atoms with E-state index < -0.39 is 0 Å². The average Bonchev–Trinajstić information content (AvgIpc) is 3.13. The van der Waals surface area contributed by atoms with Crippen molar-refractivity contribution in [2.75, 3.05) is 0 Å². The molecule has 2 aromatic heterocycles. The van der Waals surface area contributed by atoms with E-state index in [2.05, 4.69) is 56.1 Å². The maximum atomic E-state index is 15.0. The molecule has 148 valence electrons. The van der Waals surface area contributed by atoms with Gasteiger partial charge in [0.15, 0.2) is 0 Å². The van der Waals surface area contributed by atoms with E-state index >= 15 is 0 Å². The third-order valence-electron chi connectivity index (χ3n) is 5.70. The fourth-order valence-electron chi connectivity index (χ4n) is 4.11. The number of aromatic nitrogens is 1. The van der Waals surface area contributed by atoms with Crippen molar-refractivity contribution < 1.29 is 4.39 Å². The SMILES string of the molecule is Cc1cnc(-c2ccc3sc4c(F)cc(-c5ccccc5)cc4c3c2)cc1C(C)C. The molecule has 0 amide bonds. The highest BCUT2D eigenvalue weighted by atomic mass is 32.1. The third-order valence-corrected chi connectivity index (χ3v) is 6.89. The second-order valence-corrected chi connectivity index (χ2v) is 9.15. The molecule has 0 aliphatic carbocycles. The van der Waals surface area contributed by atoms with Crippen LogP contribution in [0, 0.1) is 12.7 Å². The van der Waals surface area contributed by atoms with Gasteiger partial charge in [-0.1, -0.05) is 50.2 Å². The topological polar surface area (TPSA) is 12.9 Å². The zero-order valence-electron chi connectivity index (χ0n) is 17.2. The van der Waals surface area contributed by atoms with Gasteiger partial charge in [-0.25, -0.2) is 4.39 Å². The number of aryl methyl sites for hydroxylation is 1. The quantitative estimate of drug-likeness (QED) is 0.291. The molecule has 3 aromatic carbocycles. The number of rotatable bonds is 3. The van der Waals surface area contributed by atoms with Gasteiger partial charge in [-0.05, 0) is 65.4 Å². The molecule has 0 aliphatic heterocycles. The lowest BCUT2D eigenvalue weighted by Gasteiger charge is -2.11. The number of fused-ring (bicyclic) bond motifs is 3. The Morgan fingerprint density at radius 2 is 1.60 bits per heavy atom. The number of hydrogen-bond acceptors (Lipinski definition) is 2. The zero-order valence-corrected chi connectivity index (χ0v) is 18.1. The molecule has 0 fully saturated rings. The van der Waals surface area contributed by atoms with E-state index in [9.17, 15) is 4.39 Å². The molecule has 30 heavy (non-hydrogen) atoms. The van der Waals surface area contributed by atoms with Crippen molar-refractivity contribution in [2.24, 2.45) is 0 Å². The van der Waals surface area contributed by atoms with Crippen LogP contribution in [0.5, 0.6) is 0 Å². The molecule has 2 heterocycles. The van der Waals surface area contributed by atoms with Crippen molar-refractivity contribution in [1.82, 2.24) is 4.98 Å². The van der Waals surface area contributed by atoms with Gasteiger partial charge in [-0.2, -0.15) is 0 Å². The van der Waals surface area contributed by atoms with Crippen LogP contribution in [0.25, 0.3) is 42.6 Å². The van der Waals surface area contributed by atoms with Gasteiger partial charge in [-0.3, -0.25) is 4.98 Å². The molecular formula is C27H22FNS. The number of hydrogen-bond donors (Lipinski definition) is 0. The first-order valence-corrected chi connectivity index (χ1v) is 11.0. The molecule has 1 nitrogen and oxygen atoms in total. The summed E-state index contributed by atoms with van der Waals surface area (Å²) in [6, 6.07) is 22.3. The van der Waals surface area contributed by atoms with Crippen LogP contribution < -0.4 is 0 Å². The summed E-state index contributed by atoms with van der Waals surface area (Å²) in [7, 11) is 0. The van der Waals surface area contributed by atoms with Crippen molar-refractivity contribution in [3.63, 3.8) is 0 Å². The first-order chi connectivity index (χ1) is 14.5. The first kappa shape index (κ1) is 19.0. The van der Waals surface area contributed by atoms with Gasteiger partial charge in [0.05, 0.1) is 10.4 Å².